The highest BCUT2D eigenvalue weighted by Gasteiger charge is 2.45. The van der Waals surface area contributed by atoms with Crippen LogP contribution in [0.3, 0.4) is 0 Å². The van der Waals surface area contributed by atoms with Gasteiger partial charge in [-0.2, -0.15) is 0 Å². The third-order valence-corrected chi connectivity index (χ3v) is 5.20. The molecule has 3 nitrogen and oxygen atoms in total. The van der Waals surface area contributed by atoms with Gasteiger partial charge in [0.05, 0.1) is 7.11 Å². The highest BCUT2D eigenvalue weighted by molar-refractivity contribution is 6.05. The van der Waals surface area contributed by atoms with Crippen molar-refractivity contribution in [1.29, 1.82) is 0 Å². The van der Waals surface area contributed by atoms with Gasteiger partial charge in [0.25, 0.3) is 0 Å². The van der Waals surface area contributed by atoms with E-state index in [4.69, 9.17) is 4.74 Å². The number of ether oxygens (including phenoxy) is 1. The first kappa shape index (κ1) is 14.2. The Morgan fingerprint density at radius 2 is 2.04 bits per heavy atom. The molecule has 2 aliphatic rings. The van der Waals surface area contributed by atoms with E-state index >= 15 is 0 Å². The second kappa shape index (κ2) is 5.34. The van der Waals surface area contributed by atoms with Crippen LogP contribution in [0.4, 0.5) is 0 Å². The zero-order valence-corrected chi connectivity index (χ0v) is 13.2. The number of allylic oxidation sites excluding steroid dienone is 2. The van der Waals surface area contributed by atoms with Gasteiger partial charge in [-0.05, 0) is 48.4 Å². The molecule has 23 heavy (non-hydrogen) atoms. The SMILES string of the molecule is COc1ccc(C2=CC[C@@]3(CC2)Cc2ccccc2C3=O)cn1. The summed E-state index contributed by atoms with van der Waals surface area (Å²) in [7, 11) is 1.62. The van der Waals surface area contributed by atoms with Crippen molar-refractivity contribution in [3.8, 4) is 5.88 Å². The standard InChI is InChI=1S/C20H19NO2/c1-23-18-7-6-16(13-21-18)14-8-10-20(11-9-14)12-15-4-2-3-5-17(15)19(20)22/h2-8,13H,9-12H2,1H3/t20-/m1/s1. The Kier molecular flexibility index (Phi) is 3.29. The number of hydrogen-bond donors (Lipinski definition) is 0. The molecule has 3 heteroatoms. The molecule has 1 spiro atoms. The van der Waals surface area contributed by atoms with E-state index in [1.165, 1.54) is 11.1 Å². The Labute approximate surface area is 136 Å². The maximum atomic E-state index is 12.8. The van der Waals surface area contributed by atoms with Crippen molar-refractivity contribution in [2.75, 3.05) is 7.11 Å². The molecule has 1 aromatic carbocycles. The Balaban J connectivity index is 1.59. The van der Waals surface area contributed by atoms with E-state index in [0.29, 0.717) is 11.7 Å². The molecule has 1 heterocycles. The normalized spacial score (nSPS) is 22.8. The van der Waals surface area contributed by atoms with Gasteiger partial charge in [-0.25, -0.2) is 4.98 Å². The molecule has 4 rings (SSSR count). The molecule has 0 unspecified atom stereocenters. The quantitative estimate of drug-likeness (QED) is 0.839. The Hall–Kier alpha value is -2.42. The molecule has 0 fully saturated rings. The van der Waals surface area contributed by atoms with Crippen molar-refractivity contribution in [3.05, 3.63) is 65.4 Å². The number of carbonyl (C=O) groups excluding carboxylic acids is 1. The van der Waals surface area contributed by atoms with E-state index < -0.39 is 0 Å². The smallest absolute Gasteiger partial charge is 0.212 e. The van der Waals surface area contributed by atoms with Gasteiger partial charge in [0.2, 0.25) is 5.88 Å². The summed E-state index contributed by atoms with van der Waals surface area (Å²) in [4.78, 5) is 17.1. The van der Waals surface area contributed by atoms with Crippen molar-refractivity contribution in [3.63, 3.8) is 0 Å². The van der Waals surface area contributed by atoms with E-state index in [0.717, 1.165) is 36.8 Å². The van der Waals surface area contributed by atoms with E-state index in [2.05, 4.69) is 17.1 Å². The van der Waals surface area contributed by atoms with Crippen LogP contribution in [0, 0.1) is 5.41 Å². The number of nitrogens with zero attached hydrogens (tertiary/aromatic N) is 1. The average molecular weight is 305 g/mol. The maximum absolute atomic E-state index is 12.8. The van der Waals surface area contributed by atoms with Crippen molar-refractivity contribution in [2.24, 2.45) is 5.41 Å². The summed E-state index contributed by atoms with van der Waals surface area (Å²) in [5, 5.41) is 0. The van der Waals surface area contributed by atoms with Gasteiger partial charge < -0.3 is 4.74 Å². The van der Waals surface area contributed by atoms with Crippen LogP contribution >= 0.6 is 0 Å². The zero-order valence-electron chi connectivity index (χ0n) is 13.2. The van der Waals surface area contributed by atoms with Crippen LogP contribution in [0.5, 0.6) is 5.88 Å². The molecule has 0 aliphatic heterocycles. The summed E-state index contributed by atoms with van der Waals surface area (Å²) >= 11 is 0. The lowest BCUT2D eigenvalue weighted by molar-refractivity contribution is 0.0805. The van der Waals surface area contributed by atoms with Crippen LogP contribution in [0.15, 0.2) is 48.7 Å². The Morgan fingerprint density at radius 1 is 1.17 bits per heavy atom. The van der Waals surface area contributed by atoms with E-state index in [-0.39, 0.29) is 5.41 Å². The van der Waals surface area contributed by atoms with Gasteiger partial charge in [0.15, 0.2) is 5.78 Å². The predicted molar refractivity (Wildman–Crippen MR) is 89.5 cm³/mol. The molecule has 0 saturated heterocycles. The molecule has 0 N–H and O–H groups in total. The van der Waals surface area contributed by atoms with Crippen LogP contribution in [0.25, 0.3) is 5.57 Å². The predicted octanol–water partition coefficient (Wildman–Crippen LogP) is 4.08. The largest absolute Gasteiger partial charge is 0.481 e. The van der Waals surface area contributed by atoms with E-state index in [1.807, 2.05) is 36.5 Å². The fourth-order valence-corrected chi connectivity index (χ4v) is 3.84. The molecule has 1 atom stereocenters. The monoisotopic (exact) mass is 305 g/mol. The van der Waals surface area contributed by atoms with Gasteiger partial charge in [-0.1, -0.05) is 30.3 Å². The number of aromatic nitrogens is 1. The fraction of sp³-hybridized carbons (Fsp3) is 0.300. The summed E-state index contributed by atoms with van der Waals surface area (Å²) in [5.74, 6) is 0.958. The lowest BCUT2D eigenvalue weighted by Crippen LogP contribution is -2.29. The molecule has 0 amide bonds. The van der Waals surface area contributed by atoms with Gasteiger partial charge >= 0.3 is 0 Å². The molecule has 2 aliphatic carbocycles. The van der Waals surface area contributed by atoms with Crippen molar-refractivity contribution in [1.82, 2.24) is 4.98 Å². The molecular formula is C20H19NO2. The van der Waals surface area contributed by atoms with Crippen molar-refractivity contribution in [2.45, 2.75) is 25.7 Å². The number of Topliss-reactive ketones (excluding diaryl/α,β-unsaturated/α-hetero) is 1. The minimum atomic E-state index is -0.215. The lowest BCUT2D eigenvalue weighted by atomic mass is 9.71. The molecule has 2 aromatic rings. The van der Waals surface area contributed by atoms with Crippen LogP contribution in [-0.2, 0) is 6.42 Å². The number of rotatable bonds is 2. The molecular weight excluding hydrogens is 286 g/mol. The van der Waals surface area contributed by atoms with Gasteiger partial charge in [0.1, 0.15) is 0 Å². The first-order valence-corrected chi connectivity index (χ1v) is 8.04. The maximum Gasteiger partial charge on any atom is 0.212 e. The van der Waals surface area contributed by atoms with Gasteiger partial charge in [-0.15, -0.1) is 0 Å². The zero-order chi connectivity index (χ0) is 15.9. The van der Waals surface area contributed by atoms with Gasteiger partial charge in [0, 0.05) is 23.2 Å². The molecule has 1 aromatic heterocycles. The van der Waals surface area contributed by atoms with Gasteiger partial charge in [-0.3, -0.25) is 4.79 Å². The number of hydrogen-bond acceptors (Lipinski definition) is 3. The van der Waals surface area contributed by atoms with Crippen LogP contribution in [-0.4, -0.2) is 17.9 Å². The van der Waals surface area contributed by atoms with E-state index in [9.17, 15) is 4.79 Å². The number of benzene rings is 1. The Morgan fingerprint density at radius 3 is 2.70 bits per heavy atom. The molecule has 0 bridgehead atoms. The summed E-state index contributed by atoms with van der Waals surface area (Å²) in [5.41, 5.74) is 4.33. The number of methoxy groups -OCH3 is 1. The third-order valence-electron chi connectivity index (χ3n) is 5.20. The van der Waals surface area contributed by atoms with Crippen LogP contribution < -0.4 is 4.74 Å². The molecule has 0 saturated carbocycles. The number of pyridine rings is 1. The van der Waals surface area contributed by atoms with E-state index in [1.54, 1.807) is 7.11 Å². The fourth-order valence-electron chi connectivity index (χ4n) is 3.84. The summed E-state index contributed by atoms with van der Waals surface area (Å²) in [6.07, 6.45) is 7.63. The summed E-state index contributed by atoms with van der Waals surface area (Å²) in [6, 6.07) is 12.0. The first-order chi connectivity index (χ1) is 11.2. The van der Waals surface area contributed by atoms with Crippen LogP contribution in [0.2, 0.25) is 0 Å². The third kappa shape index (κ3) is 2.27. The highest BCUT2D eigenvalue weighted by Crippen LogP contribution is 2.47. The lowest BCUT2D eigenvalue weighted by Gasteiger charge is -2.31. The molecule has 116 valence electrons. The summed E-state index contributed by atoms with van der Waals surface area (Å²) in [6.45, 7) is 0. The van der Waals surface area contributed by atoms with Crippen molar-refractivity contribution < 1.29 is 9.53 Å². The second-order valence-corrected chi connectivity index (χ2v) is 6.47. The minimum absolute atomic E-state index is 0.215. The number of fused-ring (bicyclic) bond motifs is 1. The van der Waals surface area contributed by atoms with Crippen molar-refractivity contribution >= 4 is 11.4 Å². The second-order valence-electron chi connectivity index (χ2n) is 6.47. The first-order valence-electron chi connectivity index (χ1n) is 8.04. The average Bonchev–Trinajstić information content (AvgIpc) is 2.88. The number of carbonyl (C=O) groups is 1. The molecule has 0 radical (unpaired) electrons. The topological polar surface area (TPSA) is 39.2 Å². The van der Waals surface area contributed by atoms with Crippen LogP contribution in [0.1, 0.15) is 40.7 Å². The highest BCUT2D eigenvalue weighted by atomic mass is 16.5. The summed E-state index contributed by atoms with van der Waals surface area (Å²) < 4.78 is 5.11. The number of ketones is 1. The minimum Gasteiger partial charge on any atom is -0.481 e. The Bertz CT molecular complexity index is 792.